The van der Waals surface area contributed by atoms with E-state index in [1.807, 2.05) is 0 Å². The smallest absolute Gasteiger partial charge is 0.150 e. The number of aromatic nitrogens is 2. The van der Waals surface area contributed by atoms with Gasteiger partial charge < -0.3 is 4.74 Å². The third-order valence-electron chi connectivity index (χ3n) is 3.15. The van der Waals surface area contributed by atoms with E-state index in [1.165, 1.54) is 6.07 Å². The third-order valence-corrected chi connectivity index (χ3v) is 4.93. The second-order valence-corrected chi connectivity index (χ2v) is 5.81. The van der Waals surface area contributed by atoms with Crippen LogP contribution >= 0.6 is 34.2 Å². The lowest BCUT2D eigenvalue weighted by Gasteiger charge is -2.23. The highest BCUT2D eigenvalue weighted by Crippen LogP contribution is 2.33. The van der Waals surface area contributed by atoms with E-state index in [0.29, 0.717) is 17.1 Å². The van der Waals surface area contributed by atoms with E-state index in [0.717, 1.165) is 28.2 Å². The fourth-order valence-corrected chi connectivity index (χ4v) is 3.02. The van der Waals surface area contributed by atoms with Gasteiger partial charge in [0.05, 0.1) is 11.2 Å². The van der Waals surface area contributed by atoms with Crippen LogP contribution in [0.4, 0.5) is 4.39 Å². The number of hydrogen-bond acceptors (Lipinski definition) is 2. The summed E-state index contributed by atoms with van der Waals surface area (Å²) >= 11 is 8.08. The van der Waals surface area contributed by atoms with E-state index in [1.54, 1.807) is 10.9 Å². The van der Waals surface area contributed by atoms with E-state index in [2.05, 4.69) is 27.7 Å². The van der Waals surface area contributed by atoms with Crippen LogP contribution in [-0.4, -0.2) is 16.4 Å². The molecule has 1 atom stereocenters. The van der Waals surface area contributed by atoms with E-state index >= 15 is 0 Å². The molecule has 0 bridgehead atoms. The molecule has 1 unspecified atom stereocenters. The summed E-state index contributed by atoms with van der Waals surface area (Å²) in [6, 6.07) is 1.34. The molecule has 1 aliphatic heterocycles. The zero-order valence-electron chi connectivity index (χ0n) is 9.50. The highest BCUT2D eigenvalue weighted by atomic mass is 127. The molecule has 6 heteroatoms. The van der Waals surface area contributed by atoms with Crippen molar-refractivity contribution in [2.45, 2.75) is 25.5 Å². The minimum atomic E-state index is -0.345. The highest BCUT2D eigenvalue weighted by Gasteiger charge is 2.22. The van der Waals surface area contributed by atoms with Crippen molar-refractivity contribution in [1.29, 1.82) is 0 Å². The Hall–Kier alpha value is -0.400. The predicted molar refractivity (Wildman–Crippen MR) is 76.3 cm³/mol. The molecule has 0 aliphatic carbocycles. The fraction of sp³-hybridized carbons (Fsp3) is 0.417. The first kappa shape index (κ1) is 12.6. The summed E-state index contributed by atoms with van der Waals surface area (Å²) in [7, 11) is 0. The maximum atomic E-state index is 14.1. The van der Waals surface area contributed by atoms with Crippen LogP contribution in [-0.2, 0) is 4.74 Å². The van der Waals surface area contributed by atoms with Crippen LogP contribution < -0.4 is 0 Å². The van der Waals surface area contributed by atoms with E-state index < -0.39 is 0 Å². The summed E-state index contributed by atoms with van der Waals surface area (Å²) in [4.78, 5) is 0. The summed E-state index contributed by atoms with van der Waals surface area (Å²) in [5.74, 6) is -0.345. The maximum absolute atomic E-state index is 14.1. The number of rotatable bonds is 1. The van der Waals surface area contributed by atoms with Gasteiger partial charge in [-0.25, -0.2) is 9.07 Å². The van der Waals surface area contributed by atoms with E-state index in [-0.39, 0.29) is 12.0 Å². The normalized spacial score (nSPS) is 20.5. The van der Waals surface area contributed by atoms with Crippen molar-refractivity contribution in [3.8, 4) is 0 Å². The van der Waals surface area contributed by atoms with E-state index in [4.69, 9.17) is 16.3 Å². The zero-order chi connectivity index (χ0) is 12.7. The van der Waals surface area contributed by atoms with Gasteiger partial charge in [0.2, 0.25) is 0 Å². The van der Waals surface area contributed by atoms with Gasteiger partial charge in [-0.3, -0.25) is 0 Å². The fourth-order valence-electron chi connectivity index (χ4n) is 2.27. The molecule has 18 heavy (non-hydrogen) atoms. The van der Waals surface area contributed by atoms with E-state index in [9.17, 15) is 4.39 Å². The van der Waals surface area contributed by atoms with Crippen molar-refractivity contribution in [2.75, 3.05) is 6.61 Å². The van der Waals surface area contributed by atoms with Crippen LogP contribution in [0.2, 0.25) is 5.02 Å². The molecule has 0 spiro atoms. The van der Waals surface area contributed by atoms with Crippen LogP contribution in [0, 0.1) is 9.39 Å². The molecule has 1 fully saturated rings. The maximum Gasteiger partial charge on any atom is 0.150 e. The molecule has 0 radical (unpaired) electrons. The number of fused-ring (bicyclic) bond motifs is 1. The van der Waals surface area contributed by atoms with Gasteiger partial charge in [-0.2, -0.15) is 5.10 Å². The largest absolute Gasteiger partial charge is 0.356 e. The molecule has 1 aliphatic rings. The molecule has 0 N–H and O–H groups in total. The SMILES string of the molecule is Fc1cc(Cl)c(I)c2cnn(C3CCCCO3)c12. The van der Waals surface area contributed by atoms with Gasteiger partial charge in [0.1, 0.15) is 5.52 Å². The molecule has 1 aromatic heterocycles. The summed E-state index contributed by atoms with van der Waals surface area (Å²) in [6.45, 7) is 0.707. The minimum absolute atomic E-state index is 0.164. The quantitative estimate of drug-likeness (QED) is 0.549. The summed E-state index contributed by atoms with van der Waals surface area (Å²) in [6.07, 6.45) is 4.50. The molecule has 96 valence electrons. The second-order valence-electron chi connectivity index (χ2n) is 4.33. The van der Waals surface area contributed by atoms with Crippen LogP contribution in [0.25, 0.3) is 10.9 Å². The third kappa shape index (κ3) is 2.02. The van der Waals surface area contributed by atoms with Gasteiger partial charge >= 0.3 is 0 Å². The van der Waals surface area contributed by atoms with Crippen LogP contribution in [0.15, 0.2) is 12.3 Å². The molecule has 2 aromatic rings. The predicted octanol–water partition coefficient (Wildman–Crippen LogP) is 4.13. The van der Waals surface area contributed by atoms with Crippen molar-refractivity contribution in [2.24, 2.45) is 0 Å². The Labute approximate surface area is 122 Å². The standard InChI is InChI=1S/C12H11ClFIN2O/c13-8-5-9(14)12-7(11(8)15)6-16-17(12)10-3-1-2-4-18-10/h5-6,10H,1-4H2. The Kier molecular flexibility index (Phi) is 3.46. The Balaban J connectivity index is 2.16. The molecule has 0 saturated carbocycles. The molecular weight excluding hydrogens is 370 g/mol. The average Bonchev–Trinajstić information content (AvgIpc) is 2.82. The number of nitrogens with zero attached hydrogens (tertiary/aromatic N) is 2. The highest BCUT2D eigenvalue weighted by molar-refractivity contribution is 14.1. The number of benzene rings is 1. The molecule has 3 nitrogen and oxygen atoms in total. The Morgan fingerprint density at radius 1 is 1.50 bits per heavy atom. The van der Waals surface area contributed by atoms with Crippen molar-refractivity contribution < 1.29 is 9.13 Å². The monoisotopic (exact) mass is 380 g/mol. The topological polar surface area (TPSA) is 27.1 Å². The lowest BCUT2D eigenvalue weighted by Crippen LogP contribution is -2.19. The zero-order valence-corrected chi connectivity index (χ0v) is 12.4. The number of hydrogen-bond donors (Lipinski definition) is 0. The summed E-state index contributed by atoms with van der Waals surface area (Å²) in [5, 5.41) is 5.44. The molecule has 1 saturated heterocycles. The van der Waals surface area contributed by atoms with Crippen LogP contribution in [0.3, 0.4) is 0 Å². The Morgan fingerprint density at radius 3 is 3.06 bits per heavy atom. The van der Waals surface area contributed by atoms with Crippen molar-refractivity contribution in [3.63, 3.8) is 0 Å². The number of halogens is 3. The van der Waals surface area contributed by atoms with Gasteiger partial charge in [-0.1, -0.05) is 11.6 Å². The van der Waals surface area contributed by atoms with Gasteiger partial charge in [-0.15, -0.1) is 0 Å². The second kappa shape index (κ2) is 4.94. The first-order valence-electron chi connectivity index (χ1n) is 5.81. The first-order valence-corrected chi connectivity index (χ1v) is 7.26. The Bertz CT molecular complexity index is 595. The van der Waals surface area contributed by atoms with Crippen molar-refractivity contribution in [1.82, 2.24) is 9.78 Å². The van der Waals surface area contributed by atoms with Crippen LogP contribution in [0.5, 0.6) is 0 Å². The Morgan fingerprint density at radius 2 is 2.33 bits per heavy atom. The molecule has 3 rings (SSSR count). The molecular formula is C12H11ClFIN2O. The van der Waals surface area contributed by atoms with Gasteiger partial charge in [0.25, 0.3) is 0 Å². The van der Waals surface area contributed by atoms with Gasteiger partial charge in [0, 0.05) is 15.6 Å². The lowest BCUT2D eigenvalue weighted by atomic mass is 10.2. The van der Waals surface area contributed by atoms with Gasteiger partial charge in [-0.05, 0) is 47.9 Å². The van der Waals surface area contributed by atoms with Crippen molar-refractivity contribution >= 4 is 45.1 Å². The molecule has 1 aromatic carbocycles. The van der Waals surface area contributed by atoms with Crippen molar-refractivity contribution in [3.05, 3.63) is 26.7 Å². The average molecular weight is 381 g/mol. The number of ether oxygens (including phenoxy) is 1. The molecule has 0 amide bonds. The lowest BCUT2D eigenvalue weighted by molar-refractivity contribution is -0.0369. The summed E-state index contributed by atoms with van der Waals surface area (Å²) in [5.41, 5.74) is 0.482. The first-order chi connectivity index (χ1) is 8.68. The molecule has 2 heterocycles. The summed E-state index contributed by atoms with van der Waals surface area (Å²) < 4.78 is 22.2. The van der Waals surface area contributed by atoms with Crippen LogP contribution in [0.1, 0.15) is 25.5 Å². The minimum Gasteiger partial charge on any atom is -0.356 e. The van der Waals surface area contributed by atoms with Gasteiger partial charge in [0.15, 0.2) is 12.0 Å².